The van der Waals surface area contributed by atoms with Gasteiger partial charge in [-0.25, -0.2) is 9.97 Å². The van der Waals surface area contributed by atoms with Crippen molar-refractivity contribution in [3.63, 3.8) is 0 Å². The van der Waals surface area contributed by atoms with Crippen LogP contribution in [0, 0.1) is 0 Å². The van der Waals surface area contributed by atoms with Gasteiger partial charge in [0, 0.05) is 19.0 Å². The molecule has 1 rings (SSSR count). The molecule has 0 bridgehead atoms. The predicted molar refractivity (Wildman–Crippen MR) is 77.1 cm³/mol. The minimum absolute atomic E-state index is 0.423. The summed E-state index contributed by atoms with van der Waals surface area (Å²) in [7, 11) is 0. The van der Waals surface area contributed by atoms with E-state index in [4.69, 9.17) is 5.73 Å². The summed E-state index contributed by atoms with van der Waals surface area (Å²) in [5.41, 5.74) is 4.51. The van der Waals surface area contributed by atoms with Crippen molar-refractivity contribution in [3.8, 4) is 0 Å². The van der Waals surface area contributed by atoms with E-state index in [0.29, 0.717) is 5.82 Å². The monoisotopic (exact) mass is 265 g/mol. The molecule has 0 spiro atoms. The Bertz CT molecular complexity index is 420. The van der Waals surface area contributed by atoms with E-state index in [1.807, 2.05) is 6.92 Å². The van der Waals surface area contributed by atoms with Crippen LogP contribution in [0.25, 0.3) is 0 Å². The van der Waals surface area contributed by atoms with Gasteiger partial charge in [0.1, 0.15) is 23.0 Å². The van der Waals surface area contributed by atoms with Gasteiger partial charge in [-0.1, -0.05) is 6.92 Å². The second kappa shape index (κ2) is 6.36. The topological polar surface area (TPSA) is 92.9 Å². The van der Waals surface area contributed by atoms with Gasteiger partial charge in [-0.3, -0.25) is 4.79 Å². The van der Waals surface area contributed by atoms with Crippen LogP contribution in [0.2, 0.25) is 0 Å². The average Bonchev–Trinajstić information content (AvgIpc) is 2.28. The lowest BCUT2D eigenvalue weighted by atomic mass is 10.1. The normalized spacial score (nSPS) is 11.2. The Morgan fingerprint density at radius 3 is 2.47 bits per heavy atom. The molecule has 1 aromatic heterocycles. The van der Waals surface area contributed by atoms with Crippen molar-refractivity contribution in [1.82, 2.24) is 9.97 Å². The van der Waals surface area contributed by atoms with Gasteiger partial charge in [0.2, 0.25) is 5.91 Å². The zero-order chi connectivity index (χ0) is 14.5. The number of aromatic nitrogens is 2. The number of nitrogens with two attached hydrogens (primary N) is 1. The summed E-state index contributed by atoms with van der Waals surface area (Å²) in [4.78, 5) is 20.2. The van der Waals surface area contributed by atoms with Crippen LogP contribution in [0.5, 0.6) is 0 Å². The van der Waals surface area contributed by atoms with Crippen molar-refractivity contribution in [2.24, 2.45) is 5.73 Å². The SMILES string of the molecule is CCCc1nc(NCC)cc(NC(C)(C)C(N)=O)n1. The number of nitrogens with zero attached hydrogens (tertiary/aromatic N) is 2. The fourth-order valence-corrected chi connectivity index (χ4v) is 1.55. The van der Waals surface area contributed by atoms with E-state index in [1.165, 1.54) is 0 Å². The van der Waals surface area contributed by atoms with Crippen molar-refractivity contribution in [1.29, 1.82) is 0 Å². The van der Waals surface area contributed by atoms with E-state index in [2.05, 4.69) is 27.5 Å². The molecule has 1 amide bonds. The van der Waals surface area contributed by atoms with Gasteiger partial charge < -0.3 is 16.4 Å². The molecule has 0 saturated heterocycles. The lowest BCUT2D eigenvalue weighted by Gasteiger charge is -2.23. The van der Waals surface area contributed by atoms with E-state index in [-0.39, 0.29) is 0 Å². The predicted octanol–water partition coefficient (Wildman–Crippen LogP) is 1.54. The smallest absolute Gasteiger partial charge is 0.242 e. The van der Waals surface area contributed by atoms with E-state index in [0.717, 1.165) is 31.0 Å². The zero-order valence-corrected chi connectivity index (χ0v) is 12.1. The minimum atomic E-state index is -0.846. The van der Waals surface area contributed by atoms with Crippen LogP contribution < -0.4 is 16.4 Å². The third kappa shape index (κ3) is 4.39. The van der Waals surface area contributed by atoms with Gasteiger partial charge in [0.05, 0.1) is 0 Å². The number of nitrogens with one attached hydrogen (secondary N) is 2. The van der Waals surface area contributed by atoms with E-state index in [1.54, 1.807) is 19.9 Å². The Hall–Kier alpha value is -1.85. The fourth-order valence-electron chi connectivity index (χ4n) is 1.55. The molecule has 0 radical (unpaired) electrons. The average molecular weight is 265 g/mol. The molecule has 0 aromatic carbocycles. The highest BCUT2D eigenvalue weighted by Gasteiger charge is 2.25. The van der Waals surface area contributed by atoms with Gasteiger partial charge in [-0.15, -0.1) is 0 Å². The molecule has 0 atom stereocenters. The summed E-state index contributed by atoms with van der Waals surface area (Å²) in [6.07, 6.45) is 1.76. The first-order valence-electron chi connectivity index (χ1n) is 6.59. The zero-order valence-electron chi connectivity index (χ0n) is 12.1. The van der Waals surface area contributed by atoms with E-state index in [9.17, 15) is 4.79 Å². The molecule has 0 aliphatic carbocycles. The van der Waals surface area contributed by atoms with Crippen molar-refractivity contribution < 1.29 is 4.79 Å². The second-order valence-electron chi connectivity index (χ2n) is 4.95. The van der Waals surface area contributed by atoms with Crippen LogP contribution in [0.1, 0.15) is 39.9 Å². The summed E-state index contributed by atoms with van der Waals surface area (Å²) < 4.78 is 0. The summed E-state index contributed by atoms with van der Waals surface area (Å²) in [6, 6.07) is 1.79. The number of rotatable bonds is 7. The number of primary amides is 1. The van der Waals surface area contributed by atoms with E-state index >= 15 is 0 Å². The van der Waals surface area contributed by atoms with Crippen LogP contribution in [-0.4, -0.2) is 28.0 Å². The maximum atomic E-state index is 11.3. The van der Waals surface area contributed by atoms with Gasteiger partial charge in [-0.05, 0) is 27.2 Å². The maximum Gasteiger partial charge on any atom is 0.242 e. The van der Waals surface area contributed by atoms with Crippen LogP contribution in [0.3, 0.4) is 0 Å². The molecule has 0 unspecified atom stereocenters. The molecule has 4 N–H and O–H groups in total. The first-order valence-corrected chi connectivity index (χ1v) is 6.59. The number of anilines is 2. The summed E-state index contributed by atoms with van der Waals surface area (Å²) in [6.45, 7) is 8.31. The fraction of sp³-hybridized carbons (Fsp3) is 0.615. The van der Waals surface area contributed by atoms with Crippen LogP contribution in [0.4, 0.5) is 11.6 Å². The molecule has 1 aromatic rings. The Labute approximate surface area is 114 Å². The van der Waals surface area contributed by atoms with Gasteiger partial charge in [0.25, 0.3) is 0 Å². The van der Waals surface area contributed by atoms with Crippen LogP contribution in [0.15, 0.2) is 6.07 Å². The van der Waals surface area contributed by atoms with Crippen molar-refractivity contribution >= 4 is 17.5 Å². The minimum Gasteiger partial charge on any atom is -0.370 e. The molecule has 1 heterocycles. The van der Waals surface area contributed by atoms with Crippen LogP contribution in [-0.2, 0) is 11.2 Å². The third-order valence-corrected chi connectivity index (χ3v) is 2.66. The number of aryl methyl sites for hydroxylation is 1. The number of carbonyl (C=O) groups is 1. The number of amides is 1. The molecule has 6 nitrogen and oxygen atoms in total. The Morgan fingerprint density at radius 1 is 1.32 bits per heavy atom. The van der Waals surface area contributed by atoms with Crippen molar-refractivity contribution in [2.75, 3.05) is 17.2 Å². The molecule has 0 aliphatic heterocycles. The van der Waals surface area contributed by atoms with Gasteiger partial charge >= 0.3 is 0 Å². The summed E-state index contributed by atoms with van der Waals surface area (Å²) >= 11 is 0. The van der Waals surface area contributed by atoms with Gasteiger partial charge in [-0.2, -0.15) is 0 Å². The van der Waals surface area contributed by atoms with E-state index < -0.39 is 11.4 Å². The highest BCUT2D eigenvalue weighted by Crippen LogP contribution is 2.17. The Balaban J connectivity index is 3.01. The van der Waals surface area contributed by atoms with Crippen molar-refractivity contribution in [2.45, 2.75) is 46.1 Å². The molecular formula is C13H23N5O. The number of hydrogen-bond donors (Lipinski definition) is 3. The summed E-state index contributed by atoms with van der Waals surface area (Å²) in [5.74, 6) is 1.69. The van der Waals surface area contributed by atoms with Crippen LogP contribution >= 0.6 is 0 Å². The second-order valence-corrected chi connectivity index (χ2v) is 4.95. The molecular weight excluding hydrogens is 242 g/mol. The van der Waals surface area contributed by atoms with Crippen molar-refractivity contribution in [3.05, 3.63) is 11.9 Å². The largest absolute Gasteiger partial charge is 0.370 e. The molecule has 0 saturated carbocycles. The highest BCUT2D eigenvalue weighted by molar-refractivity contribution is 5.86. The maximum absolute atomic E-state index is 11.3. The molecule has 0 aliphatic rings. The van der Waals surface area contributed by atoms with Gasteiger partial charge in [0.15, 0.2) is 0 Å². The quantitative estimate of drug-likeness (QED) is 0.695. The highest BCUT2D eigenvalue weighted by atomic mass is 16.1. The third-order valence-electron chi connectivity index (χ3n) is 2.66. The lowest BCUT2D eigenvalue weighted by molar-refractivity contribution is -0.121. The molecule has 6 heteroatoms. The Kier molecular flexibility index (Phi) is 5.09. The Morgan fingerprint density at radius 2 is 1.95 bits per heavy atom. The molecule has 106 valence electrons. The first kappa shape index (κ1) is 15.2. The number of carbonyl (C=O) groups excluding carboxylic acids is 1. The lowest BCUT2D eigenvalue weighted by Crippen LogP contribution is -2.45. The molecule has 0 fully saturated rings. The molecule has 19 heavy (non-hydrogen) atoms. The first-order chi connectivity index (χ1) is 8.89. The number of hydrogen-bond acceptors (Lipinski definition) is 5. The summed E-state index contributed by atoms with van der Waals surface area (Å²) in [5, 5.41) is 6.20. The standard InChI is InChI=1S/C13H23N5O/c1-5-7-9-16-10(15-6-2)8-11(17-9)18-13(3,4)12(14)19/h8H,5-7H2,1-4H3,(H2,14,19)(H2,15,16,17,18).